The molecule has 0 spiro atoms. The highest BCUT2D eigenvalue weighted by molar-refractivity contribution is 7.89. The van der Waals surface area contributed by atoms with Gasteiger partial charge in [-0.2, -0.15) is 4.72 Å². The lowest BCUT2D eigenvalue weighted by Crippen LogP contribution is -2.56. The standard InChI is InChI=1S/C23H34N4O7S/c1-14-7-15-8-16(12-23(10-14,11-15)20(24)28)13-25-21(29)22(2,3)26-35(32,33)17-5-6-19(34-4)18(9-17)27(30)31/h5-6,9,14-16,26H,7-8,10-13H2,1-4H3,(H2,24,28)(H,25,29). The molecule has 3 rings (SSSR count). The van der Waals surface area contributed by atoms with Crippen molar-refractivity contribution in [1.82, 2.24) is 10.0 Å². The van der Waals surface area contributed by atoms with E-state index in [1.54, 1.807) is 0 Å². The number of nitrogens with two attached hydrogens (primary N) is 1. The molecule has 2 saturated carbocycles. The number of hydrogen-bond acceptors (Lipinski definition) is 7. The Morgan fingerprint density at radius 1 is 1.26 bits per heavy atom. The van der Waals surface area contributed by atoms with E-state index in [4.69, 9.17) is 10.5 Å². The van der Waals surface area contributed by atoms with Crippen LogP contribution < -0.4 is 20.5 Å². The van der Waals surface area contributed by atoms with Crippen LogP contribution in [0.1, 0.15) is 52.9 Å². The van der Waals surface area contributed by atoms with Gasteiger partial charge in [0.25, 0.3) is 0 Å². The fourth-order valence-electron chi connectivity index (χ4n) is 5.83. The highest BCUT2D eigenvalue weighted by Gasteiger charge is 2.49. The monoisotopic (exact) mass is 510 g/mol. The summed E-state index contributed by atoms with van der Waals surface area (Å²) in [5, 5.41) is 14.1. The van der Waals surface area contributed by atoms with E-state index < -0.39 is 37.5 Å². The van der Waals surface area contributed by atoms with Gasteiger partial charge in [0.05, 0.1) is 16.9 Å². The number of carbonyl (C=O) groups excluding carboxylic acids is 2. The number of fused-ring (bicyclic) bond motifs is 2. The van der Waals surface area contributed by atoms with Gasteiger partial charge in [-0.25, -0.2) is 8.42 Å². The summed E-state index contributed by atoms with van der Waals surface area (Å²) in [4.78, 5) is 35.4. The van der Waals surface area contributed by atoms with Crippen molar-refractivity contribution in [2.75, 3.05) is 13.7 Å². The van der Waals surface area contributed by atoms with Gasteiger partial charge in [0, 0.05) is 18.0 Å². The molecule has 0 heterocycles. The van der Waals surface area contributed by atoms with Crippen LogP contribution in [0, 0.1) is 33.3 Å². The summed E-state index contributed by atoms with van der Waals surface area (Å²) in [6.45, 7) is 5.27. The van der Waals surface area contributed by atoms with Crippen molar-refractivity contribution in [2.24, 2.45) is 28.9 Å². The lowest BCUT2D eigenvalue weighted by Gasteiger charge is -2.48. The molecule has 2 amide bonds. The smallest absolute Gasteiger partial charge is 0.312 e. The maximum absolute atomic E-state index is 12.9. The summed E-state index contributed by atoms with van der Waals surface area (Å²) in [6, 6.07) is 3.25. The molecule has 0 radical (unpaired) electrons. The molecule has 1 aromatic rings. The Bertz CT molecular complexity index is 1120. The molecule has 2 aliphatic carbocycles. The molecule has 1 aromatic carbocycles. The fourth-order valence-corrected chi connectivity index (χ4v) is 7.22. The molecule has 0 aromatic heterocycles. The van der Waals surface area contributed by atoms with Crippen LogP contribution in [0.4, 0.5) is 5.69 Å². The number of amides is 2. The number of nitro benzene ring substituents is 1. The number of hydrogen-bond donors (Lipinski definition) is 3. The zero-order valence-corrected chi connectivity index (χ0v) is 21.3. The maximum atomic E-state index is 12.9. The second-order valence-corrected chi connectivity index (χ2v) is 12.3. The molecule has 194 valence electrons. The lowest BCUT2D eigenvalue weighted by molar-refractivity contribution is -0.386. The quantitative estimate of drug-likeness (QED) is 0.337. The average Bonchev–Trinajstić information content (AvgIpc) is 2.75. The zero-order chi connectivity index (χ0) is 26.2. The van der Waals surface area contributed by atoms with E-state index in [-0.39, 0.29) is 22.5 Å². The van der Waals surface area contributed by atoms with Crippen LogP contribution in [0.25, 0.3) is 0 Å². The highest BCUT2D eigenvalue weighted by Crippen LogP contribution is 2.52. The van der Waals surface area contributed by atoms with Crippen molar-refractivity contribution < 1.29 is 27.7 Å². The third-order valence-electron chi connectivity index (χ3n) is 7.19. The number of benzene rings is 1. The minimum absolute atomic E-state index is 0.0642. The molecule has 35 heavy (non-hydrogen) atoms. The molecule has 4 unspecified atom stereocenters. The molecule has 11 nitrogen and oxygen atoms in total. The Kier molecular flexibility index (Phi) is 7.47. The second-order valence-electron chi connectivity index (χ2n) is 10.6. The van der Waals surface area contributed by atoms with Crippen molar-refractivity contribution in [3.8, 4) is 5.75 Å². The molecule has 4 atom stereocenters. The zero-order valence-electron chi connectivity index (χ0n) is 20.5. The van der Waals surface area contributed by atoms with Gasteiger partial charge in [-0.1, -0.05) is 6.92 Å². The predicted molar refractivity (Wildman–Crippen MR) is 128 cm³/mol. The summed E-state index contributed by atoms with van der Waals surface area (Å²) in [6.07, 6.45) is 4.05. The number of nitrogens with zero attached hydrogens (tertiary/aromatic N) is 1. The number of nitro groups is 1. The highest BCUT2D eigenvalue weighted by atomic mass is 32.2. The molecular formula is C23H34N4O7S. The van der Waals surface area contributed by atoms with Crippen molar-refractivity contribution >= 4 is 27.5 Å². The normalized spacial score (nSPS) is 26.6. The Labute approximate surface area is 205 Å². The first-order valence-electron chi connectivity index (χ1n) is 11.6. The summed E-state index contributed by atoms with van der Waals surface area (Å²) >= 11 is 0. The van der Waals surface area contributed by atoms with Crippen LogP contribution in [0.3, 0.4) is 0 Å². The lowest BCUT2D eigenvalue weighted by atomic mass is 9.56. The van der Waals surface area contributed by atoms with Gasteiger partial charge >= 0.3 is 5.69 Å². The Morgan fingerprint density at radius 3 is 2.54 bits per heavy atom. The SMILES string of the molecule is COc1ccc(S(=O)(=O)NC(C)(C)C(=O)NCC2CC3CC(C)CC(C(N)=O)(C2)C3)cc1[N+](=O)[O-]. The largest absolute Gasteiger partial charge is 0.490 e. The van der Waals surface area contributed by atoms with Gasteiger partial charge in [0.1, 0.15) is 5.54 Å². The fraction of sp³-hybridized carbons (Fsp3) is 0.652. The predicted octanol–water partition coefficient (Wildman–Crippen LogP) is 2.09. The molecule has 4 N–H and O–H groups in total. The minimum Gasteiger partial charge on any atom is -0.490 e. The number of carbonyl (C=O) groups is 2. The van der Waals surface area contributed by atoms with E-state index in [9.17, 15) is 28.1 Å². The first-order valence-corrected chi connectivity index (χ1v) is 13.1. The number of ether oxygens (including phenoxy) is 1. The Morgan fingerprint density at radius 2 is 1.94 bits per heavy atom. The molecule has 2 fully saturated rings. The molecule has 2 bridgehead atoms. The Hall–Kier alpha value is -2.73. The van der Waals surface area contributed by atoms with E-state index in [1.807, 2.05) is 0 Å². The van der Waals surface area contributed by atoms with Crippen molar-refractivity contribution in [3.05, 3.63) is 28.3 Å². The van der Waals surface area contributed by atoms with Gasteiger partial charge in [0.15, 0.2) is 5.75 Å². The van der Waals surface area contributed by atoms with Gasteiger partial charge in [-0.3, -0.25) is 19.7 Å². The third-order valence-corrected chi connectivity index (χ3v) is 8.84. The van der Waals surface area contributed by atoms with Crippen LogP contribution in [-0.2, 0) is 19.6 Å². The van der Waals surface area contributed by atoms with E-state index in [1.165, 1.54) is 33.1 Å². The van der Waals surface area contributed by atoms with Gasteiger partial charge in [0.2, 0.25) is 21.8 Å². The number of sulfonamides is 1. The van der Waals surface area contributed by atoms with Crippen LogP contribution in [0.15, 0.2) is 23.1 Å². The first-order chi connectivity index (χ1) is 16.2. The third kappa shape index (κ3) is 5.75. The van der Waals surface area contributed by atoms with E-state index in [0.717, 1.165) is 31.7 Å². The van der Waals surface area contributed by atoms with Crippen LogP contribution in [0.2, 0.25) is 0 Å². The summed E-state index contributed by atoms with van der Waals surface area (Å²) in [7, 11) is -3.02. The molecule has 0 aliphatic heterocycles. The molecular weight excluding hydrogens is 476 g/mol. The van der Waals surface area contributed by atoms with Gasteiger partial charge in [-0.05, 0) is 75.8 Å². The van der Waals surface area contributed by atoms with Crippen LogP contribution in [0.5, 0.6) is 5.75 Å². The second kappa shape index (κ2) is 9.73. The number of rotatable bonds is 9. The van der Waals surface area contributed by atoms with E-state index >= 15 is 0 Å². The number of primary amides is 1. The van der Waals surface area contributed by atoms with Gasteiger partial charge in [-0.15, -0.1) is 0 Å². The van der Waals surface area contributed by atoms with E-state index in [0.29, 0.717) is 24.8 Å². The minimum atomic E-state index is -4.26. The molecule has 2 aliphatic rings. The van der Waals surface area contributed by atoms with Crippen molar-refractivity contribution in [2.45, 2.75) is 63.3 Å². The van der Waals surface area contributed by atoms with Gasteiger partial charge < -0.3 is 15.8 Å². The van der Waals surface area contributed by atoms with Crippen LogP contribution in [-0.4, -0.2) is 44.3 Å². The summed E-state index contributed by atoms with van der Waals surface area (Å²) < 4.78 is 33.1. The summed E-state index contributed by atoms with van der Waals surface area (Å²) in [5.74, 6) is -0.0353. The topological polar surface area (TPSA) is 171 Å². The molecule has 0 saturated heterocycles. The average molecular weight is 511 g/mol. The van der Waals surface area contributed by atoms with Crippen molar-refractivity contribution in [1.29, 1.82) is 0 Å². The number of methoxy groups -OCH3 is 1. The Balaban J connectivity index is 1.68. The van der Waals surface area contributed by atoms with Crippen molar-refractivity contribution in [3.63, 3.8) is 0 Å². The summed E-state index contributed by atoms with van der Waals surface area (Å²) in [5.41, 5.74) is 3.20. The molecule has 12 heteroatoms. The number of nitrogens with one attached hydrogen (secondary N) is 2. The maximum Gasteiger partial charge on any atom is 0.312 e. The van der Waals surface area contributed by atoms with Crippen LogP contribution >= 0.6 is 0 Å². The van der Waals surface area contributed by atoms with E-state index in [2.05, 4.69) is 17.0 Å². The first kappa shape index (κ1) is 26.9.